The first-order valence-corrected chi connectivity index (χ1v) is 11.5. The molecule has 37 heavy (non-hydrogen) atoms. The lowest BCUT2D eigenvalue weighted by Crippen LogP contribution is -2.49. The number of carbonyl (C=O) groups is 2. The number of carbonyl (C=O) groups excluding carboxylic acids is 2. The lowest BCUT2D eigenvalue weighted by atomic mass is 10.1. The molecule has 1 heterocycles. The predicted octanol–water partition coefficient (Wildman–Crippen LogP) is 5.81. The van der Waals surface area contributed by atoms with E-state index < -0.39 is 17.6 Å². The Morgan fingerprint density at radius 1 is 0.946 bits per heavy atom. The Balaban J connectivity index is 1.49. The number of urea groups is 1. The minimum Gasteiger partial charge on any atom is -0.497 e. The second-order valence-electron chi connectivity index (χ2n) is 8.51. The van der Waals surface area contributed by atoms with Crippen molar-refractivity contribution in [1.82, 2.24) is 4.90 Å². The fraction of sp³-hybridized carbons (Fsp3) is 0.259. The summed E-state index contributed by atoms with van der Waals surface area (Å²) in [5.41, 5.74) is 0.770. The fourth-order valence-corrected chi connectivity index (χ4v) is 4.14. The third kappa shape index (κ3) is 6.14. The molecule has 0 saturated carbocycles. The van der Waals surface area contributed by atoms with Crippen LogP contribution in [0.5, 0.6) is 11.5 Å². The summed E-state index contributed by atoms with van der Waals surface area (Å²) < 4.78 is 49.7. The van der Waals surface area contributed by atoms with E-state index in [9.17, 15) is 22.8 Å². The second kappa shape index (κ2) is 10.8. The summed E-state index contributed by atoms with van der Waals surface area (Å²) in [6.07, 6.45) is -3.82. The molecule has 1 aliphatic rings. The van der Waals surface area contributed by atoms with Gasteiger partial charge < -0.3 is 19.7 Å². The van der Waals surface area contributed by atoms with Gasteiger partial charge in [-0.25, -0.2) is 4.79 Å². The van der Waals surface area contributed by atoms with E-state index in [-0.39, 0.29) is 11.6 Å². The number of halogens is 3. The third-order valence-corrected chi connectivity index (χ3v) is 5.96. The number of rotatable bonds is 7. The van der Waals surface area contributed by atoms with E-state index >= 15 is 0 Å². The average Bonchev–Trinajstić information content (AvgIpc) is 2.89. The molecule has 3 aromatic rings. The summed E-state index contributed by atoms with van der Waals surface area (Å²) in [5.74, 6) is 0.571. The van der Waals surface area contributed by atoms with Crippen LogP contribution in [-0.4, -0.2) is 44.1 Å². The zero-order chi connectivity index (χ0) is 26.6. The van der Waals surface area contributed by atoms with E-state index in [4.69, 9.17) is 9.47 Å². The highest BCUT2D eigenvalue weighted by Gasteiger charge is 2.31. The standard InChI is InChI=1S/C27H26F3N3O4/c1-36-23-12-18(13-24(16-23)37-2)17-32-10-5-11-33(26(32)35)22-9-4-8-21(15-22)31-25(34)19-6-3-7-20(14-19)27(28,29)30/h3-4,6-9,12-16H,5,10-11,17H2,1-2H3,(H,31,34). The number of amides is 3. The van der Waals surface area contributed by atoms with Crippen molar-refractivity contribution in [2.45, 2.75) is 19.1 Å². The van der Waals surface area contributed by atoms with Gasteiger partial charge in [0.15, 0.2) is 0 Å². The molecule has 194 valence electrons. The maximum absolute atomic E-state index is 13.3. The topological polar surface area (TPSA) is 71.1 Å². The third-order valence-electron chi connectivity index (χ3n) is 5.96. The Morgan fingerprint density at radius 3 is 2.32 bits per heavy atom. The van der Waals surface area contributed by atoms with Gasteiger partial charge >= 0.3 is 12.2 Å². The largest absolute Gasteiger partial charge is 0.497 e. The van der Waals surface area contributed by atoms with Crippen LogP contribution in [0.2, 0.25) is 0 Å². The zero-order valence-electron chi connectivity index (χ0n) is 20.3. The van der Waals surface area contributed by atoms with Crippen LogP contribution in [0, 0.1) is 0 Å². The predicted molar refractivity (Wildman–Crippen MR) is 133 cm³/mol. The van der Waals surface area contributed by atoms with Crippen molar-refractivity contribution < 1.29 is 32.2 Å². The van der Waals surface area contributed by atoms with E-state index in [1.54, 1.807) is 54.4 Å². The smallest absolute Gasteiger partial charge is 0.416 e. The van der Waals surface area contributed by atoms with Gasteiger partial charge in [-0.15, -0.1) is 0 Å². The summed E-state index contributed by atoms with van der Waals surface area (Å²) in [6, 6.07) is 16.1. The number of anilines is 2. The number of hydrogen-bond acceptors (Lipinski definition) is 4. The molecule has 0 atom stereocenters. The average molecular weight is 514 g/mol. The van der Waals surface area contributed by atoms with Gasteiger partial charge in [-0.2, -0.15) is 13.2 Å². The second-order valence-corrected chi connectivity index (χ2v) is 8.51. The maximum atomic E-state index is 13.3. The Morgan fingerprint density at radius 2 is 1.65 bits per heavy atom. The lowest BCUT2D eigenvalue weighted by molar-refractivity contribution is -0.137. The molecular formula is C27H26F3N3O4. The van der Waals surface area contributed by atoms with Crippen molar-refractivity contribution >= 4 is 23.3 Å². The molecule has 0 aliphatic carbocycles. The molecule has 10 heteroatoms. The first kappa shape index (κ1) is 25.9. The minimum atomic E-state index is -4.55. The van der Waals surface area contributed by atoms with Crippen LogP contribution in [0.1, 0.15) is 27.9 Å². The molecular weight excluding hydrogens is 487 g/mol. The quantitative estimate of drug-likeness (QED) is 0.433. The molecule has 0 unspecified atom stereocenters. The van der Waals surface area contributed by atoms with E-state index in [1.165, 1.54) is 12.1 Å². The fourth-order valence-electron chi connectivity index (χ4n) is 4.14. The van der Waals surface area contributed by atoms with Crippen molar-refractivity contribution in [1.29, 1.82) is 0 Å². The summed E-state index contributed by atoms with van der Waals surface area (Å²) >= 11 is 0. The lowest BCUT2D eigenvalue weighted by Gasteiger charge is -2.36. The van der Waals surface area contributed by atoms with E-state index in [0.29, 0.717) is 42.5 Å². The summed E-state index contributed by atoms with van der Waals surface area (Å²) in [4.78, 5) is 29.3. The van der Waals surface area contributed by atoms with Crippen molar-refractivity contribution in [3.05, 3.63) is 83.4 Å². The van der Waals surface area contributed by atoms with Gasteiger partial charge in [-0.3, -0.25) is 9.69 Å². The molecule has 0 spiro atoms. The van der Waals surface area contributed by atoms with Gasteiger partial charge in [0, 0.05) is 42.6 Å². The van der Waals surface area contributed by atoms with E-state index in [1.807, 2.05) is 12.1 Å². The maximum Gasteiger partial charge on any atom is 0.416 e. The van der Waals surface area contributed by atoms with Crippen LogP contribution in [0.3, 0.4) is 0 Å². The molecule has 1 saturated heterocycles. The number of nitrogens with one attached hydrogen (secondary N) is 1. The highest BCUT2D eigenvalue weighted by Crippen LogP contribution is 2.30. The normalized spacial score (nSPS) is 13.9. The van der Waals surface area contributed by atoms with E-state index in [0.717, 1.165) is 24.1 Å². The molecule has 0 aromatic heterocycles. The first-order valence-electron chi connectivity index (χ1n) is 11.5. The number of methoxy groups -OCH3 is 2. The number of ether oxygens (including phenoxy) is 2. The van der Waals surface area contributed by atoms with Crippen LogP contribution < -0.4 is 19.7 Å². The van der Waals surface area contributed by atoms with Crippen molar-refractivity contribution in [2.24, 2.45) is 0 Å². The van der Waals surface area contributed by atoms with Gasteiger partial charge in [-0.1, -0.05) is 12.1 Å². The Kier molecular flexibility index (Phi) is 7.56. The molecule has 1 N–H and O–H groups in total. The number of benzene rings is 3. The summed E-state index contributed by atoms with van der Waals surface area (Å²) in [6.45, 7) is 1.41. The molecule has 3 aromatic carbocycles. The number of hydrogen-bond donors (Lipinski definition) is 1. The zero-order valence-corrected chi connectivity index (χ0v) is 20.3. The Bertz CT molecular complexity index is 1270. The SMILES string of the molecule is COc1cc(CN2CCCN(c3cccc(NC(=O)c4cccc(C(F)(F)F)c4)c3)C2=O)cc(OC)c1. The van der Waals surface area contributed by atoms with Crippen LogP contribution in [0.4, 0.5) is 29.3 Å². The molecule has 7 nitrogen and oxygen atoms in total. The van der Waals surface area contributed by atoms with Crippen molar-refractivity contribution in [2.75, 3.05) is 37.5 Å². The minimum absolute atomic E-state index is 0.117. The van der Waals surface area contributed by atoms with Gasteiger partial charge in [-0.05, 0) is 60.5 Å². The van der Waals surface area contributed by atoms with Crippen LogP contribution in [-0.2, 0) is 12.7 Å². The number of alkyl halides is 3. The molecule has 3 amide bonds. The van der Waals surface area contributed by atoms with Gasteiger partial charge in [0.25, 0.3) is 5.91 Å². The Labute approximate surface area is 212 Å². The highest BCUT2D eigenvalue weighted by atomic mass is 19.4. The van der Waals surface area contributed by atoms with Gasteiger partial charge in [0.1, 0.15) is 11.5 Å². The summed E-state index contributed by atoms with van der Waals surface area (Å²) in [7, 11) is 3.12. The van der Waals surface area contributed by atoms with Crippen LogP contribution in [0.15, 0.2) is 66.7 Å². The molecule has 0 bridgehead atoms. The highest BCUT2D eigenvalue weighted by molar-refractivity contribution is 6.05. The van der Waals surface area contributed by atoms with E-state index in [2.05, 4.69) is 5.32 Å². The van der Waals surface area contributed by atoms with Gasteiger partial charge in [0.2, 0.25) is 0 Å². The monoisotopic (exact) mass is 513 g/mol. The summed E-state index contributed by atoms with van der Waals surface area (Å²) in [5, 5.41) is 2.62. The van der Waals surface area contributed by atoms with Crippen molar-refractivity contribution in [3.63, 3.8) is 0 Å². The first-order chi connectivity index (χ1) is 17.7. The molecule has 1 aliphatic heterocycles. The van der Waals surface area contributed by atoms with Crippen molar-refractivity contribution in [3.8, 4) is 11.5 Å². The van der Waals surface area contributed by atoms with Crippen LogP contribution >= 0.6 is 0 Å². The molecule has 0 radical (unpaired) electrons. The number of nitrogens with zero attached hydrogens (tertiary/aromatic N) is 2. The van der Waals surface area contributed by atoms with Crippen LogP contribution in [0.25, 0.3) is 0 Å². The molecule has 1 fully saturated rings. The molecule has 4 rings (SSSR count). The van der Waals surface area contributed by atoms with Gasteiger partial charge in [0.05, 0.1) is 19.8 Å². The Hall–Kier alpha value is -4.21.